The molecule has 1 aromatic heterocycles. The molecular formula is C10H12F3N3O2. The first-order valence-electron chi connectivity index (χ1n) is 5.16. The number of carboxylic acids is 1. The van der Waals surface area contributed by atoms with Crippen molar-refractivity contribution >= 4 is 5.97 Å². The van der Waals surface area contributed by atoms with Crippen LogP contribution in [0.15, 0.2) is 12.3 Å². The number of carbonyl (C=O) groups is 1. The van der Waals surface area contributed by atoms with Crippen molar-refractivity contribution < 1.29 is 23.1 Å². The zero-order valence-electron chi connectivity index (χ0n) is 9.53. The Morgan fingerprint density at radius 2 is 2.17 bits per heavy atom. The summed E-state index contributed by atoms with van der Waals surface area (Å²) in [5, 5.41) is 18.4. The molecule has 0 radical (unpaired) electrons. The average Bonchev–Trinajstić information content (AvgIpc) is 2.29. The highest BCUT2D eigenvalue weighted by Crippen LogP contribution is 2.17. The topological polar surface area (TPSA) is 75.1 Å². The molecule has 1 atom stereocenters. The second kappa shape index (κ2) is 5.76. The van der Waals surface area contributed by atoms with Gasteiger partial charge in [-0.2, -0.15) is 23.4 Å². The van der Waals surface area contributed by atoms with E-state index in [9.17, 15) is 13.2 Å². The van der Waals surface area contributed by atoms with Crippen LogP contribution in [0.1, 0.15) is 24.2 Å². The van der Waals surface area contributed by atoms with Crippen LogP contribution in [0.4, 0.5) is 13.2 Å². The van der Waals surface area contributed by atoms with Gasteiger partial charge >= 0.3 is 12.1 Å². The maximum absolute atomic E-state index is 10.6. The highest BCUT2D eigenvalue weighted by molar-refractivity contribution is 5.73. The van der Waals surface area contributed by atoms with E-state index in [1.807, 2.05) is 0 Å². The molecule has 18 heavy (non-hydrogen) atoms. The number of hydrogen-bond donors (Lipinski definition) is 2. The number of alkyl halides is 3. The minimum absolute atomic E-state index is 0.368. The van der Waals surface area contributed by atoms with Crippen LogP contribution in [-0.2, 0) is 11.2 Å². The predicted molar refractivity (Wildman–Crippen MR) is 55.8 cm³/mol. The summed E-state index contributed by atoms with van der Waals surface area (Å²) in [4.78, 5) is 8.90. The number of nitrogens with one attached hydrogen (secondary N) is 1. The Balaban J connectivity index is 0.000000203. The average molecular weight is 263 g/mol. The van der Waals surface area contributed by atoms with Gasteiger partial charge in [-0.1, -0.05) is 0 Å². The van der Waals surface area contributed by atoms with Gasteiger partial charge in [0, 0.05) is 12.2 Å². The minimum Gasteiger partial charge on any atom is -0.475 e. The van der Waals surface area contributed by atoms with Gasteiger partial charge in [0.1, 0.15) is 0 Å². The normalized spacial score (nSPS) is 18.3. The number of hydrogen-bond acceptors (Lipinski definition) is 4. The molecular weight excluding hydrogens is 251 g/mol. The third kappa shape index (κ3) is 3.95. The quantitative estimate of drug-likeness (QED) is 0.738. The van der Waals surface area contributed by atoms with Crippen LogP contribution in [0.5, 0.6) is 0 Å². The fourth-order valence-corrected chi connectivity index (χ4v) is 1.46. The molecule has 2 heterocycles. The van der Waals surface area contributed by atoms with E-state index < -0.39 is 12.1 Å². The summed E-state index contributed by atoms with van der Waals surface area (Å²) >= 11 is 0. The van der Waals surface area contributed by atoms with Crippen LogP contribution in [0.2, 0.25) is 0 Å². The highest BCUT2D eigenvalue weighted by Gasteiger charge is 2.38. The Morgan fingerprint density at radius 1 is 1.56 bits per heavy atom. The second-order valence-electron chi connectivity index (χ2n) is 3.67. The zero-order valence-corrected chi connectivity index (χ0v) is 9.53. The van der Waals surface area contributed by atoms with Crippen molar-refractivity contribution in [3.8, 4) is 0 Å². The number of aromatic nitrogens is 2. The van der Waals surface area contributed by atoms with Gasteiger partial charge in [-0.15, -0.1) is 0 Å². The van der Waals surface area contributed by atoms with Crippen LogP contribution < -0.4 is 5.32 Å². The molecule has 2 N–H and O–H groups in total. The molecule has 8 heteroatoms. The smallest absolute Gasteiger partial charge is 0.475 e. The van der Waals surface area contributed by atoms with Gasteiger partial charge in [0.2, 0.25) is 0 Å². The number of carboxylic acid groups (broad SMARTS) is 1. The summed E-state index contributed by atoms with van der Waals surface area (Å²) in [6.45, 7) is 3.17. The number of fused-ring (bicyclic) bond motifs is 1. The zero-order chi connectivity index (χ0) is 13.8. The molecule has 0 amide bonds. The molecule has 1 unspecified atom stereocenters. The lowest BCUT2D eigenvalue weighted by molar-refractivity contribution is -0.192. The van der Waals surface area contributed by atoms with Gasteiger partial charge in [-0.3, -0.25) is 0 Å². The van der Waals surface area contributed by atoms with Crippen LogP contribution in [0, 0.1) is 0 Å². The molecule has 1 aliphatic rings. The van der Waals surface area contributed by atoms with Gasteiger partial charge in [-0.05, 0) is 31.5 Å². The Bertz CT molecular complexity index is 423. The predicted octanol–water partition coefficient (Wildman–Crippen LogP) is 1.32. The minimum atomic E-state index is -5.08. The lowest BCUT2D eigenvalue weighted by Gasteiger charge is -2.21. The van der Waals surface area contributed by atoms with Crippen molar-refractivity contribution in [3.63, 3.8) is 0 Å². The molecule has 0 saturated carbocycles. The third-order valence-corrected chi connectivity index (χ3v) is 2.33. The molecule has 5 nitrogen and oxygen atoms in total. The number of nitrogens with zero attached hydrogens (tertiary/aromatic N) is 2. The first-order valence-corrected chi connectivity index (χ1v) is 5.16. The first kappa shape index (κ1) is 14.4. The Labute approximate surface area is 101 Å². The molecule has 2 rings (SSSR count). The van der Waals surface area contributed by atoms with Crippen molar-refractivity contribution in [1.82, 2.24) is 15.5 Å². The second-order valence-corrected chi connectivity index (χ2v) is 3.67. The van der Waals surface area contributed by atoms with E-state index in [1.165, 1.54) is 5.56 Å². The summed E-state index contributed by atoms with van der Waals surface area (Å²) in [5.41, 5.74) is 2.45. The fourth-order valence-electron chi connectivity index (χ4n) is 1.46. The number of halogens is 3. The first-order chi connectivity index (χ1) is 8.32. The van der Waals surface area contributed by atoms with Crippen LogP contribution in [-0.4, -0.2) is 34.0 Å². The molecule has 0 bridgehead atoms. The van der Waals surface area contributed by atoms with Crippen molar-refractivity contribution in [3.05, 3.63) is 23.5 Å². The van der Waals surface area contributed by atoms with E-state index in [2.05, 4.69) is 28.5 Å². The van der Waals surface area contributed by atoms with Crippen molar-refractivity contribution in [2.75, 3.05) is 6.54 Å². The van der Waals surface area contributed by atoms with Gasteiger partial charge in [-0.25, -0.2) is 4.79 Å². The van der Waals surface area contributed by atoms with Crippen molar-refractivity contribution in [2.45, 2.75) is 25.6 Å². The maximum Gasteiger partial charge on any atom is 0.490 e. The largest absolute Gasteiger partial charge is 0.490 e. The summed E-state index contributed by atoms with van der Waals surface area (Å²) in [6, 6.07) is 2.42. The molecule has 100 valence electrons. The maximum atomic E-state index is 10.6. The fraction of sp³-hybridized carbons (Fsp3) is 0.500. The molecule has 1 aromatic rings. The van der Waals surface area contributed by atoms with Crippen LogP contribution in [0.25, 0.3) is 0 Å². The molecule has 1 aliphatic heterocycles. The Morgan fingerprint density at radius 3 is 2.67 bits per heavy atom. The standard InChI is InChI=1S/C8H11N3.C2HF3O2/c1-6-8-7(2-4-9-6)3-5-10-11-8;3-2(4,5)1(6)7/h3,5-6,9H,2,4H2,1H3;(H,6,7). The Kier molecular flexibility index (Phi) is 4.60. The summed E-state index contributed by atoms with van der Waals surface area (Å²) in [6.07, 6.45) is -2.24. The third-order valence-electron chi connectivity index (χ3n) is 2.33. The van der Waals surface area contributed by atoms with Crippen molar-refractivity contribution in [1.29, 1.82) is 0 Å². The lowest BCUT2D eigenvalue weighted by Crippen LogP contribution is -2.28. The number of aliphatic carboxylic acids is 1. The van der Waals surface area contributed by atoms with Gasteiger partial charge in [0.05, 0.1) is 5.69 Å². The SMILES string of the molecule is CC1NCCc2ccnnc21.O=C(O)C(F)(F)F. The van der Waals surface area contributed by atoms with E-state index in [1.54, 1.807) is 6.20 Å². The van der Waals surface area contributed by atoms with Gasteiger partial charge in [0.25, 0.3) is 0 Å². The summed E-state index contributed by atoms with van der Waals surface area (Å²) in [5.74, 6) is -2.76. The Hall–Kier alpha value is -1.70. The molecule has 0 fully saturated rings. The van der Waals surface area contributed by atoms with Crippen molar-refractivity contribution in [2.24, 2.45) is 0 Å². The van der Waals surface area contributed by atoms with E-state index in [4.69, 9.17) is 9.90 Å². The lowest BCUT2D eigenvalue weighted by atomic mass is 10.0. The van der Waals surface area contributed by atoms with Crippen LogP contribution in [0.3, 0.4) is 0 Å². The molecule has 0 aliphatic carbocycles. The summed E-state index contributed by atoms with van der Waals surface area (Å²) in [7, 11) is 0. The van der Waals surface area contributed by atoms with E-state index in [0.717, 1.165) is 18.7 Å². The monoisotopic (exact) mass is 263 g/mol. The summed E-state index contributed by atoms with van der Waals surface area (Å²) < 4.78 is 31.7. The van der Waals surface area contributed by atoms with E-state index in [-0.39, 0.29) is 0 Å². The van der Waals surface area contributed by atoms with Crippen LogP contribution >= 0.6 is 0 Å². The van der Waals surface area contributed by atoms with E-state index >= 15 is 0 Å². The molecule has 0 saturated heterocycles. The molecule has 0 spiro atoms. The number of rotatable bonds is 0. The van der Waals surface area contributed by atoms with Gasteiger partial charge < -0.3 is 10.4 Å². The van der Waals surface area contributed by atoms with E-state index in [0.29, 0.717) is 6.04 Å². The van der Waals surface area contributed by atoms with Gasteiger partial charge in [0.15, 0.2) is 0 Å². The highest BCUT2D eigenvalue weighted by atomic mass is 19.4. The molecule has 0 aromatic carbocycles.